The number of nitrogens with zero attached hydrogens (tertiary/aromatic N) is 2. The van der Waals surface area contributed by atoms with Gasteiger partial charge in [-0.05, 0) is 30.2 Å². The predicted octanol–water partition coefficient (Wildman–Crippen LogP) is 3.87. The number of carbonyl (C=O) groups excluding carboxylic acids is 2. The van der Waals surface area contributed by atoms with Gasteiger partial charge in [-0.1, -0.05) is 41.4 Å². The first-order chi connectivity index (χ1) is 12.2. The maximum absolute atomic E-state index is 12.9. The number of hydrogen-bond acceptors (Lipinski definition) is 4. The van der Waals surface area contributed by atoms with Crippen molar-refractivity contribution in [3.8, 4) is 0 Å². The van der Waals surface area contributed by atoms with Gasteiger partial charge in [0.15, 0.2) is 0 Å². The minimum Gasteiger partial charge on any atom is -0.319 e. The molecule has 9 heteroatoms. The fraction of sp³-hybridized carbons (Fsp3) is 0.176. The third-order valence-electron chi connectivity index (χ3n) is 4.23. The van der Waals surface area contributed by atoms with Crippen LogP contribution in [0.2, 0.25) is 10.0 Å². The summed E-state index contributed by atoms with van der Waals surface area (Å²) in [7, 11) is 0. The number of non-ortho nitro benzene ring substituents is 1. The highest BCUT2D eigenvalue weighted by Crippen LogP contribution is 2.32. The Kier molecular flexibility index (Phi) is 4.60. The van der Waals surface area contributed by atoms with E-state index < -0.39 is 22.4 Å². The van der Waals surface area contributed by atoms with Gasteiger partial charge < -0.3 is 5.32 Å². The van der Waals surface area contributed by atoms with Crippen molar-refractivity contribution in [2.75, 3.05) is 0 Å². The van der Waals surface area contributed by atoms with Crippen LogP contribution in [-0.2, 0) is 16.9 Å². The molecule has 0 spiro atoms. The minimum atomic E-state index is -1.39. The van der Waals surface area contributed by atoms with Gasteiger partial charge in [-0.3, -0.25) is 19.8 Å². The molecular formula is C17H13Cl2N3O4. The van der Waals surface area contributed by atoms with Crippen molar-refractivity contribution >= 4 is 40.8 Å². The molecule has 1 aliphatic heterocycles. The second kappa shape index (κ2) is 6.59. The summed E-state index contributed by atoms with van der Waals surface area (Å²) >= 11 is 11.8. The molecule has 7 nitrogen and oxygen atoms in total. The average Bonchev–Trinajstić information content (AvgIpc) is 2.82. The van der Waals surface area contributed by atoms with Crippen molar-refractivity contribution in [2.45, 2.75) is 19.0 Å². The topological polar surface area (TPSA) is 92.6 Å². The smallest absolute Gasteiger partial charge is 0.319 e. The molecule has 1 N–H and O–H groups in total. The molecule has 1 atom stereocenters. The van der Waals surface area contributed by atoms with Gasteiger partial charge in [0.25, 0.3) is 11.6 Å². The summed E-state index contributed by atoms with van der Waals surface area (Å²) in [6, 6.07) is 9.87. The van der Waals surface area contributed by atoms with Crippen molar-refractivity contribution in [3.63, 3.8) is 0 Å². The van der Waals surface area contributed by atoms with Gasteiger partial charge in [-0.15, -0.1) is 0 Å². The third kappa shape index (κ3) is 3.11. The summed E-state index contributed by atoms with van der Waals surface area (Å²) in [6.45, 7) is 1.52. The summed E-state index contributed by atoms with van der Waals surface area (Å²) < 4.78 is 0. The molecule has 1 saturated heterocycles. The lowest BCUT2D eigenvalue weighted by Gasteiger charge is -2.22. The van der Waals surface area contributed by atoms with Crippen LogP contribution in [0.5, 0.6) is 0 Å². The highest BCUT2D eigenvalue weighted by Gasteiger charge is 2.49. The van der Waals surface area contributed by atoms with Gasteiger partial charge in [0.05, 0.1) is 21.5 Å². The Labute approximate surface area is 158 Å². The number of halogens is 2. The molecule has 2 aromatic carbocycles. The third-order valence-corrected chi connectivity index (χ3v) is 4.97. The number of urea groups is 1. The zero-order chi connectivity index (χ0) is 19.1. The van der Waals surface area contributed by atoms with Gasteiger partial charge in [0.2, 0.25) is 0 Å². The van der Waals surface area contributed by atoms with Crippen LogP contribution in [-0.4, -0.2) is 21.8 Å². The van der Waals surface area contributed by atoms with Gasteiger partial charge >= 0.3 is 6.03 Å². The van der Waals surface area contributed by atoms with Crippen LogP contribution in [0, 0.1) is 10.1 Å². The second-order valence-electron chi connectivity index (χ2n) is 6.00. The molecule has 3 rings (SSSR count). The Hall–Kier alpha value is -2.64. The van der Waals surface area contributed by atoms with Crippen LogP contribution < -0.4 is 5.32 Å². The zero-order valence-corrected chi connectivity index (χ0v) is 15.0. The Bertz CT molecular complexity index is 934. The summed E-state index contributed by atoms with van der Waals surface area (Å²) in [5.74, 6) is -0.505. The molecule has 1 heterocycles. The highest BCUT2D eigenvalue weighted by atomic mass is 35.5. The van der Waals surface area contributed by atoms with Crippen molar-refractivity contribution in [2.24, 2.45) is 0 Å². The first kappa shape index (κ1) is 18.2. The van der Waals surface area contributed by atoms with Crippen molar-refractivity contribution in [1.29, 1.82) is 0 Å². The molecule has 3 amide bonds. The summed E-state index contributed by atoms with van der Waals surface area (Å²) in [6.07, 6.45) is 0. The molecule has 2 aromatic rings. The van der Waals surface area contributed by atoms with E-state index in [0.29, 0.717) is 21.2 Å². The number of amides is 3. The molecule has 0 saturated carbocycles. The van der Waals surface area contributed by atoms with Gasteiger partial charge in [-0.2, -0.15) is 0 Å². The average molecular weight is 394 g/mol. The molecule has 0 radical (unpaired) electrons. The van der Waals surface area contributed by atoms with E-state index in [2.05, 4.69) is 5.32 Å². The lowest BCUT2D eigenvalue weighted by Crippen LogP contribution is -2.40. The first-order valence-electron chi connectivity index (χ1n) is 7.55. The standard InChI is InChI=1S/C17H13Cl2N3O4/c1-17(11-3-2-4-12(8-11)22(25)26)15(23)21(16(24)20-17)9-10-5-6-13(18)14(19)7-10/h2-8H,9H2,1H3,(H,20,24). The number of imide groups is 1. The predicted molar refractivity (Wildman–Crippen MR) is 96.0 cm³/mol. The molecule has 1 unspecified atom stereocenters. The van der Waals surface area contributed by atoms with Crippen LogP contribution in [0.25, 0.3) is 0 Å². The Morgan fingerprint density at radius 3 is 2.54 bits per heavy atom. The maximum atomic E-state index is 12.9. The van der Waals surface area contributed by atoms with E-state index in [1.807, 2.05) is 0 Å². The Morgan fingerprint density at radius 1 is 1.15 bits per heavy atom. The van der Waals surface area contributed by atoms with Crippen LogP contribution in [0.3, 0.4) is 0 Å². The first-order valence-corrected chi connectivity index (χ1v) is 8.31. The number of benzene rings is 2. The minimum absolute atomic E-state index is 0.00602. The maximum Gasteiger partial charge on any atom is 0.325 e. The fourth-order valence-electron chi connectivity index (χ4n) is 2.79. The SMILES string of the molecule is CC1(c2cccc([N+](=O)[O-])c2)NC(=O)N(Cc2ccc(Cl)c(Cl)c2)C1=O. The summed E-state index contributed by atoms with van der Waals surface area (Å²) in [4.78, 5) is 36.7. The molecule has 1 aliphatic rings. The van der Waals surface area contributed by atoms with E-state index >= 15 is 0 Å². The number of hydrogen-bond donors (Lipinski definition) is 1. The normalized spacial score (nSPS) is 19.6. The fourth-order valence-corrected chi connectivity index (χ4v) is 3.11. The number of nitro benzene ring substituents is 1. The molecule has 1 fully saturated rings. The number of carbonyl (C=O) groups is 2. The van der Waals surface area contributed by atoms with Crippen molar-refractivity contribution in [3.05, 3.63) is 73.8 Å². The molecule has 134 valence electrons. The molecular weight excluding hydrogens is 381 g/mol. The van der Waals surface area contributed by atoms with E-state index in [1.54, 1.807) is 24.3 Å². The number of rotatable bonds is 4. The lowest BCUT2D eigenvalue weighted by molar-refractivity contribution is -0.385. The molecule has 0 aliphatic carbocycles. The summed E-state index contributed by atoms with van der Waals surface area (Å²) in [5, 5.41) is 14.3. The van der Waals surface area contributed by atoms with Crippen LogP contribution in [0.1, 0.15) is 18.1 Å². The van der Waals surface area contributed by atoms with E-state index in [-0.39, 0.29) is 12.2 Å². The zero-order valence-electron chi connectivity index (χ0n) is 13.5. The van der Waals surface area contributed by atoms with Crippen LogP contribution in [0.4, 0.5) is 10.5 Å². The molecule has 26 heavy (non-hydrogen) atoms. The highest BCUT2D eigenvalue weighted by molar-refractivity contribution is 6.42. The van der Waals surface area contributed by atoms with Crippen LogP contribution in [0.15, 0.2) is 42.5 Å². The van der Waals surface area contributed by atoms with Crippen LogP contribution >= 0.6 is 23.2 Å². The van der Waals surface area contributed by atoms with Gasteiger partial charge in [0, 0.05) is 12.1 Å². The van der Waals surface area contributed by atoms with E-state index in [1.165, 1.54) is 25.1 Å². The number of nitro groups is 1. The van der Waals surface area contributed by atoms with Gasteiger partial charge in [-0.25, -0.2) is 4.79 Å². The van der Waals surface area contributed by atoms with Crippen molar-refractivity contribution in [1.82, 2.24) is 10.2 Å². The summed E-state index contributed by atoms with van der Waals surface area (Å²) in [5.41, 5.74) is -0.583. The van der Waals surface area contributed by atoms with E-state index in [0.717, 1.165) is 4.90 Å². The number of nitrogens with one attached hydrogen (secondary N) is 1. The Morgan fingerprint density at radius 2 is 1.88 bits per heavy atom. The second-order valence-corrected chi connectivity index (χ2v) is 6.82. The largest absolute Gasteiger partial charge is 0.325 e. The van der Waals surface area contributed by atoms with E-state index in [9.17, 15) is 19.7 Å². The molecule has 0 bridgehead atoms. The Balaban J connectivity index is 1.91. The lowest BCUT2D eigenvalue weighted by atomic mass is 9.91. The van der Waals surface area contributed by atoms with Gasteiger partial charge in [0.1, 0.15) is 5.54 Å². The monoisotopic (exact) mass is 393 g/mol. The van der Waals surface area contributed by atoms with Crippen molar-refractivity contribution < 1.29 is 14.5 Å². The van der Waals surface area contributed by atoms with E-state index in [4.69, 9.17) is 23.2 Å². The quantitative estimate of drug-likeness (QED) is 0.484. The molecule has 0 aromatic heterocycles.